The molecule has 134 valence electrons. The van der Waals surface area contributed by atoms with Crippen molar-refractivity contribution in [3.05, 3.63) is 59.7 Å². The molecule has 0 aromatic heterocycles. The molecule has 3 rings (SSSR count). The topological polar surface area (TPSA) is 50.4 Å². The smallest absolute Gasteiger partial charge is 0.227 e. The fourth-order valence-corrected chi connectivity index (χ4v) is 2.77. The first-order valence-corrected chi connectivity index (χ1v) is 8.42. The molecule has 1 amide bonds. The maximum atomic E-state index is 12.3. The van der Waals surface area contributed by atoms with Crippen LogP contribution in [0.15, 0.2) is 48.5 Å². The van der Waals surface area contributed by atoms with Crippen molar-refractivity contribution in [2.45, 2.75) is 20.5 Å². The van der Waals surface area contributed by atoms with Gasteiger partial charge in [0.2, 0.25) is 5.91 Å². The summed E-state index contributed by atoms with van der Waals surface area (Å²) in [6.45, 7) is 6.42. The third-order valence-electron chi connectivity index (χ3n) is 4.52. The molecule has 2 N–H and O–H groups in total. The molecule has 25 heavy (non-hydrogen) atoms. The van der Waals surface area contributed by atoms with Gasteiger partial charge in [-0.1, -0.05) is 42.8 Å². The van der Waals surface area contributed by atoms with E-state index in [2.05, 4.69) is 29.7 Å². The Labute approximate surface area is 155 Å². The van der Waals surface area contributed by atoms with Crippen LogP contribution in [0.2, 0.25) is 0 Å². The Morgan fingerprint density at radius 1 is 1.24 bits per heavy atom. The predicted octanol–water partition coefficient (Wildman–Crippen LogP) is 3.79. The van der Waals surface area contributed by atoms with E-state index in [-0.39, 0.29) is 24.2 Å². The lowest BCUT2D eigenvalue weighted by atomic mass is 9.88. The molecule has 0 spiro atoms. The standard InChI is InChI=1S/C20H24N2O2.ClH/c1-14-5-3-6-16(9-14)13-24-19-8-4-7-18(10-19)22-20(23)15(2)17-11-21-12-17;/h3-10,15,17,21H,11-13H2,1-2H3,(H,22,23);1H. The van der Waals surface area contributed by atoms with Crippen LogP contribution in [0.5, 0.6) is 5.75 Å². The highest BCUT2D eigenvalue weighted by molar-refractivity contribution is 5.92. The number of anilines is 1. The van der Waals surface area contributed by atoms with E-state index in [0.29, 0.717) is 12.5 Å². The molecule has 5 heteroatoms. The van der Waals surface area contributed by atoms with Gasteiger partial charge in [0.05, 0.1) is 0 Å². The Morgan fingerprint density at radius 2 is 2.00 bits per heavy atom. The van der Waals surface area contributed by atoms with Gasteiger partial charge in [-0.15, -0.1) is 12.4 Å². The molecule has 0 aliphatic carbocycles. The quantitative estimate of drug-likeness (QED) is 0.824. The second-order valence-electron chi connectivity index (χ2n) is 6.50. The number of carbonyl (C=O) groups excluding carboxylic acids is 1. The van der Waals surface area contributed by atoms with Crippen LogP contribution >= 0.6 is 12.4 Å². The number of carbonyl (C=O) groups is 1. The summed E-state index contributed by atoms with van der Waals surface area (Å²) in [5.74, 6) is 1.28. The van der Waals surface area contributed by atoms with Crippen molar-refractivity contribution in [3.63, 3.8) is 0 Å². The lowest BCUT2D eigenvalue weighted by Crippen LogP contribution is -2.48. The predicted molar refractivity (Wildman–Crippen MR) is 103 cm³/mol. The molecule has 0 radical (unpaired) electrons. The monoisotopic (exact) mass is 360 g/mol. The first-order chi connectivity index (χ1) is 11.6. The van der Waals surface area contributed by atoms with Crippen molar-refractivity contribution in [1.82, 2.24) is 5.32 Å². The molecule has 1 unspecified atom stereocenters. The van der Waals surface area contributed by atoms with Gasteiger partial charge in [0.15, 0.2) is 0 Å². The first-order valence-electron chi connectivity index (χ1n) is 8.42. The second-order valence-corrected chi connectivity index (χ2v) is 6.50. The zero-order valence-electron chi connectivity index (χ0n) is 14.6. The Morgan fingerprint density at radius 3 is 2.68 bits per heavy atom. The number of rotatable bonds is 6. The summed E-state index contributed by atoms with van der Waals surface area (Å²) in [7, 11) is 0. The van der Waals surface area contributed by atoms with E-state index in [4.69, 9.17) is 4.74 Å². The van der Waals surface area contributed by atoms with E-state index in [1.54, 1.807) is 0 Å². The van der Waals surface area contributed by atoms with Gasteiger partial charge in [0.1, 0.15) is 12.4 Å². The van der Waals surface area contributed by atoms with Crippen LogP contribution in [-0.4, -0.2) is 19.0 Å². The summed E-state index contributed by atoms with van der Waals surface area (Å²) < 4.78 is 5.85. The van der Waals surface area contributed by atoms with Gasteiger partial charge < -0.3 is 15.4 Å². The molecule has 2 aromatic rings. The third-order valence-corrected chi connectivity index (χ3v) is 4.52. The summed E-state index contributed by atoms with van der Waals surface area (Å²) in [5.41, 5.74) is 3.13. The van der Waals surface area contributed by atoms with E-state index in [0.717, 1.165) is 30.1 Å². The molecule has 1 aliphatic rings. The molecular weight excluding hydrogens is 336 g/mol. The van der Waals surface area contributed by atoms with Gasteiger partial charge in [-0.3, -0.25) is 4.79 Å². The minimum Gasteiger partial charge on any atom is -0.489 e. The largest absolute Gasteiger partial charge is 0.489 e. The summed E-state index contributed by atoms with van der Waals surface area (Å²) >= 11 is 0. The molecule has 1 saturated heterocycles. The van der Waals surface area contributed by atoms with Crippen molar-refractivity contribution in [1.29, 1.82) is 0 Å². The molecule has 0 saturated carbocycles. The molecule has 4 nitrogen and oxygen atoms in total. The minimum atomic E-state index is 0. The van der Waals surface area contributed by atoms with Crippen LogP contribution < -0.4 is 15.4 Å². The summed E-state index contributed by atoms with van der Waals surface area (Å²) in [5, 5.41) is 6.20. The Hall–Kier alpha value is -2.04. The zero-order chi connectivity index (χ0) is 16.9. The molecule has 2 aromatic carbocycles. The van der Waals surface area contributed by atoms with E-state index in [1.807, 2.05) is 43.3 Å². The fourth-order valence-electron chi connectivity index (χ4n) is 2.77. The van der Waals surface area contributed by atoms with Crippen molar-refractivity contribution in [2.24, 2.45) is 11.8 Å². The van der Waals surface area contributed by atoms with Crippen LogP contribution in [-0.2, 0) is 11.4 Å². The fraction of sp³-hybridized carbons (Fsp3) is 0.350. The van der Waals surface area contributed by atoms with Crippen LogP contribution in [0.4, 0.5) is 5.69 Å². The lowest BCUT2D eigenvalue weighted by Gasteiger charge is -2.31. The molecular formula is C20H25ClN2O2. The third kappa shape index (κ3) is 5.21. The number of benzene rings is 2. The van der Waals surface area contributed by atoms with E-state index in [9.17, 15) is 4.79 Å². The van der Waals surface area contributed by atoms with Crippen molar-refractivity contribution >= 4 is 24.0 Å². The van der Waals surface area contributed by atoms with E-state index >= 15 is 0 Å². The maximum Gasteiger partial charge on any atom is 0.227 e. The van der Waals surface area contributed by atoms with Crippen LogP contribution in [0.3, 0.4) is 0 Å². The average molecular weight is 361 g/mol. The first kappa shape index (κ1) is 19.3. The molecule has 1 atom stereocenters. The SMILES string of the molecule is Cc1cccc(COc2cccc(NC(=O)C(C)C3CNC3)c2)c1.Cl. The Kier molecular flexibility index (Phi) is 6.85. The van der Waals surface area contributed by atoms with Crippen LogP contribution in [0, 0.1) is 18.8 Å². The van der Waals surface area contributed by atoms with Gasteiger partial charge in [-0.05, 0) is 43.6 Å². The second kappa shape index (κ2) is 8.88. The molecule has 1 heterocycles. The number of amides is 1. The van der Waals surface area contributed by atoms with Crippen molar-refractivity contribution in [2.75, 3.05) is 18.4 Å². The molecule has 0 bridgehead atoms. The summed E-state index contributed by atoms with van der Waals surface area (Å²) in [6, 6.07) is 15.8. The minimum absolute atomic E-state index is 0. The number of halogens is 1. The number of aryl methyl sites for hydroxylation is 1. The lowest BCUT2D eigenvalue weighted by molar-refractivity contribution is -0.121. The normalized spacial score (nSPS) is 14.8. The van der Waals surface area contributed by atoms with Gasteiger partial charge in [-0.25, -0.2) is 0 Å². The van der Waals surface area contributed by atoms with Crippen molar-refractivity contribution < 1.29 is 9.53 Å². The maximum absolute atomic E-state index is 12.3. The highest BCUT2D eigenvalue weighted by Crippen LogP contribution is 2.22. The molecule has 1 aliphatic heterocycles. The van der Waals surface area contributed by atoms with E-state index in [1.165, 1.54) is 5.56 Å². The Bertz CT molecular complexity index is 716. The van der Waals surface area contributed by atoms with Gasteiger partial charge >= 0.3 is 0 Å². The Balaban J connectivity index is 0.00000225. The van der Waals surface area contributed by atoms with Gasteiger partial charge in [0, 0.05) is 17.7 Å². The van der Waals surface area contributed by atoms with Gasteiger partial charge in [0.25, 0.3) is 0 Å². The highest BCUT2D eigenvalue weighted by atomic mass is 35.5. The van der Waals surface area contributed by atoms with E-state index < -0.39 is 0 Å². The number of nitrogens with one attached hydrogen (secondary N) is 2. The highest BCUT2D eigenvalue weighted by Gasteiger charge is 2.28. The molecule has 1 fully saturated rings. The van der Waals surface area contributed by atoms with Crippen LogP contribution in [0.1, 0.15) is 18.1 Å². The van der Waals surface area contributed by atoms with Gasteiger partial charge in [-0.2, -0.15) is 0 Å². The number of hydrogen-bond acceptors (Lipinski definition) is 3. The summed E-state index contributed by atoms with van der Waals surface area (Å²) in [6.07, 6.45) is 0. The van der Waals surface area contributed by atoms with Crippen LogP contribution in [0.25, 0.3) is 0 Å². The zero-order valence-corrected chi connectivity index (χ0v) is 15.4. The average Bonchev–Trinajstić information content (AvgIpc) is 2.52. The summed E-state index contributed by atoms with van der Waals surface area (Å²) in [4.78, 5) is 12.3. The number of hydrogen-bond donors (Lipinski definition) is 2. The van der Waals surface area contributed by atoms with Crippen molar-refractivity contribution in [3.8, 4) is 5.75 Å². The number of ether oxygens (including phenoxy) is 1.